The van der Waals surface area contributed by atoms with Crippen molar-refractivity contribution in [2.24, 2.45) is 5.73 Å². The molecule has 0 fully saturated rings. The predicted octanol–water partition coefficient (Wildman–Crippen LogP) is 1.88. The highest BCUT2D eigenvalue weighted by Gasteiger charge is 2.20. The molecule has 0 aliphatic carbocycles. The lowest BCUT2D eigenvalue weighted by Crippen LogP contribution is -2.34. The van der Waals surface area contributed by atoms with E-state index < -0.39 is 29.3 Å². The van der Waals surface area contributed by atoms with Gasteiger partial charge in [-0.3, -0.25) is 4.79 Å². The van der Waals surface area contributed by atoms with Gasteiger partial charge < -0.3 is 15.6 Å². The molecular formula is C13H13F2N3O2. The van der Waals surface area contributed by atoms with E-state index in [0.29, 0.717) is 5.56 Å². The van der Waals surface area contributed by atoms with Gasteiger partial charge in [-0.25, -0.2) is 13.6 Å². The van der Waals surface area contributed by atoms with E-state index in [4.69, 9.17) is 5.73 Å². The molecule has 0 saturated heterocycles. The molecule has 0 aliphatic rings. The molecule has 0 radical (unpaired) electrons. The number of fused-ring (bicyclic) bond motifs is 1. The molecule has 20 heavy (non-hydrogen) atoms. The van der Waals surface area contributed by atoms with Crippen LogP contribution in [0.25, 0.3) is 10.8 Å². The number of carbonyl (C=O) groups is 1. The highest BCUT2D eigenvalue weighted by Crippen LogP contribution is 2.27. The minimum Gasteiger partial charge on any atom is -0.351 e. The Kier molecular flexibility index (Phi) is 3.44. The zero-order valence-electron chi connectivity index (χ0n) is 10.9. The topological polar surface area (TPSA) is 79.2 Å². The van der Waals surface area contributed by atoms with Crippen LogP contribution in [0.4, 0.5) is 13.6 Å². The Bertz CT molecular complexity index is 742. The molecular weight excluding hydrogens is 268 g/mol. The normalized spacial score (nSPS) is 12.4. The summed E-state index contributed by atoms with van der Waals surface area (Å²) in [6.45, 7) is 1.67. The van der Waals surface area contributed by atoms with E-state index in [9.17, 15) is 18.4 Å². The quantitative estimate of drug-likeness (QED) is 0.881. The summed E-state index contributed by atoms with van der Waals surface area (Å²) in [5.74, 6) is -2.31. The summed E-state index contributed by atoms with van der Waals surface area (Å²) in [5.41, 5.74) is 4.93. The number of nitrogens with two attached hydrogens (primary N) is 1. The molecule has 2 rings (SSSR count). The minimum atomic E-state index is -1.21. The Morgan fingerprint density at radius 3 is 2.65 bits per heavy atom. The van der Waals surface area contributed by atoms with Crippen LogP contribution in [-0.2, 0) is 0 Å². The minimum absolute atomic E-state index is 0.244. The van der Waals surface area contributed by atoms with Gasteiger partial charge in [-0.05, 0) is 23.9 Å². The molecule has 5 nitrogen and oxygen atoms in total. The first-order chi connectivity index (χ1) is 9.34. The lowest BCUT2D eigenvalue weighted by atomic mass is 10.0. The first-order valence-corrected chi connectivity index (χ1v) is 5.86. The molecule has 1 atom stereocenters. The third-order valence-corrected chi connectivity index (χ3v) is 3.37. The molecule has 2 aromatic rings. The zero-order valence-corrected chi connectivity index (χ0v) is 10.9. The number of aromatic amines is 1. The summed E-state index contributed by atoms with van der Waals surface area (Å²) >= 11 is 0. The summed E-state index contributed by atoms with van der Waals surface area (Å²) in [6.07, 6.45) is 1.37. The van der Waals surface area contributed by atoms with Crippen molar-refractivity contribution in [3.8, 4) is 0 Å². The van der Waals surface area contributed by atoms with Gasteiger partial charge in [0, 0.05) is 13.2 Å². The molecule has 1 aromatic carbocycles. The fourth-order valence-electron chi connectivity index (χ4n) is 2.05. The number of nitrogens with zero attached hydrogens (tertiary/aromatic N) is 1. The molecule has 1 aromatic heterocycles. The molecule has 7 heteroatoms. The second-order valence-corrected chi connectivity index (χ2v) is 4.48. The van der Waals surface area contributed by atoms with E-state index in [-0.39, 0.29) is 10.8 Å². The molecule has 106 valence electrons. The maximum atomic E-state index is 13.8. The molecule has 0 bridgehead atoms. The van der Waals surface area contributed by atoms with Crippen molar-refractivity contribution in [2.45, 2.75) is 13.0 Å². The largest absolute Gasteiger partial charge is 0.351 e. The van der Waals surface area contributed by atoms with Crippen LogP contribution in [0.5, 0.6) is 0 Å². The maximum absolute atomic E-state index is 13.8. The predicted molar refractivity (Wildman–Crippen MR) is 70.2 cm³/mol. The number of pyridine rings is 1. The van der Waals surface area contributed by atoms with Crippen molar-refractivity contribution in [3.63, 3.8) is 0 Å². The van der Waals surface area contributed by atoms with Crippen LogP contribution >= 0.6 is 0 Å². The van der Waals surface area contributed by atoms with Crippen LogP contribution in [0.2, 0.25) is 0 Å². The molecule has 0 unspecified atom stereocenters. The first-order valence-electron chi connectivity index (χ1n) is 5.86. The van der Waals surface area contributed by atoms with E-state index in [1.807, 2.05) is 0 Å². The van der Waals surface area contributed by atoms with Crippen LogP contribution in [0, 0.1) is 11.6 Å². The van der Waals surface area contributed by atoms with E-state index in [2.05, 4.69) is 4.98 Å². The third kappa shape index (κ3) is 2.11. The van der Waals surface area contributed by atoms with Crippen molar-refractivity contribution >= 4 is 16.8 Å². The van der Waals surface area contributed by atoms with Crippen LogP contribution in [0.3, 0.4) is 0 Å². The van der Waals surface area contributed by atoms with Gasteiger partial charge in [0.05, 0.1) is 11.4 Å². The van der Waals surface area contributed by atoms with Crippen molar-refractivity contribution in [2.75, 3.05) is 7.05 Å². The Labute approximate surface area is 113 Å². The number of hydrogen-bond donors (Lipinski definition) is 2. The highest BCUT2D eigenvalue weighted by molar-refractivity contribution is 5.86. The zero-order chi connectivity index (χ0) is 15.0. The number of halogens is 2. The standard InChI is InChI=1S/C13H13F2N3O2/c1-6(18(2)13(16)20)8-5-17-12(19)10-7(8)3-4-9(14)11(10)15/h3-6H,1-2H3,(H2,16,20)(H,17,19)/t6-/m1/s1. The lowest BCUT2D eigenvalue weighted by molar-refractivity contribution is 0.204. The Morgan fingerprint density at radius 1 is 1.40 bits per heavy atom. The Hall–Kier alpha value is -2.44. The van der Waals surface area contributed by atoms with E-state index in [1.165, 1.54) is 24.2 Å². The average Bonchev–Trinajstić information content (AvgIpc) is 2.41. The SMILES string of the molecule is C[C@H](c1c[nH]c(=O)c2c(F)c(F)ccc12)N(C)C(N)=O. The number of aromatic nitrogens is 1. The smallest absolute Gasteiger partial charge is 0.315 e. The van der Waals surface area contributed by atoms with Crippen molar-refractivity contribution in [3.05, 3.63) is 45.9 Å². The number of hydrogen-bond acceptors (Lipinski definition) is 2. The molecule has 3 N–H and O–H groups in total. The number of urea groups is 1. The van der Waals surface area contributed by atoms with Gasteiger partial charge in [-0.2, -0.15) is 0 Å². The van der Waals surface area contributed by atoms with E-state index in [1.54, 1.807) is 6.92 Å². The number of nitrogens with one attached hydrogen (secondary N) is 1. The summed E-state index contributed by atoms with van der Waals surface area (Å²) in [4.78, 5) is 26.4. The summed E-state index contributed by atoms with van der Waals surface area (Å²) in [5, 5.41) is -0.125. The first kappa shape index (κ1) is 14.0. The summed E-state index contributed by atoms with van der Waals surface area (Å²) in [7, 11) is 1.48. The Morgan fingerprint density at radius 2 is 2.05 bits per heavy atom. The number of rotatable bonds is 2. The number of carbonyl (C=O) groups excluding carboxylic acids is 1. The second-order valence-electron chi connectivity index (χ2n) is 4.48. The lowest BCUT2D eigenvalue weighted by Gasteiger charge is -2.24. The summed E-state index contributed by atoms with van der Waals surface area (Å²) < 4.78 is 27.0. The fourth-order valence-corrected chi connectivity index (χ4v) is 2.05. The van der Waals surface area contributed by atoms with Gasteiger partial charge in [0.1, 0.15) is 0 Å². The molecule has 0 aliphatic heterocycles. The molecule has 0 spiro atoms. The fraction of sp³-hybridized carbons (Fsp3) is 0.231. The number of benzene rings is 1. The number of amides is 2. The third-order valence-electron chi connectivity index (χ3n) is 3.37. The highest BCUT2D eigenvalue weighted by atomic mass is 19.2. The van der Waals surface area contributed by atoms with Crippen molar-refractivity contribution < 1.29 is 13.6 Å². The van der Waals surface area contributed by atoms with Crippen molar-refractivity contribution in [1.29, 1.82) is 0 Å². The number of primary amides is 1. The average molecular weight is 281 g/mol. The van der Waals surface area contributed by atoms with Gasteiger partial charge in [-0.15, -0.1) is 0 Å². The monoisotopic (exact) mass is 281 g/mol. The van der Waals surface area contributed by atoms with Gasteiger partial charge in [0.2, 0.25) is 0 Å². The van der Waals surface area contributed by atoms with Crippen LogP contribution in [-0.4, -0.2) is 23.0 Å². The molecule has 2 amide bonds. The summed E-state index contributed by atoms with van der Waals surface area (Å²) in [6, 6.07) is 1.08. The van der Waals surface area contributed by atoms with Gasteiger partial charge in [0.25, 0.3) is 5.56 Å². The van der Waals surface area contributed by atoms with Gasteiger partial charge in [-0.1, -0.05) is 6.07 Å². The van der Waals surface area contributed by atoms with Crippen molar-refractivity contribution in [1.82, 2.24) is 9.88 Å². The van der Waals surface area contributed by atoms with E-state index in [0.717, 1.165) is 6.07 Å². The van der Waals surface area contributed by atoms with Crippen LogP contribution in [0.15, 0.2) is 23.1 Å². The second kappa shape index (κ2) is 4.92. The molecule has 1 heterocycles. The van der Waals surface area contributed by atoms with Gasteiger partial charge in [0.15, 0.2) is 11.6 Å². The maximum Gasteiger partial charge on any atom is 0.315 e. The van der Waals surface area contributed by atoms with Crippen LogP contribution in [0.1, 0.15) is 18.5 Å². The Balaban J connectivity index is 2.74. The van der Waals surface area contributed by atoms with E-state index >= 15 is 0 Å². The molecule has 0 saturated carbocycles. The number of H-pyrrole nitrogens is 1. The van der Waals surface area contributed by atoms with Gasteiger partial charge >= 0.3 is 6.03 Å². The van der Waals surface area contributed by atoms with Crippen LogP contribution < -0.4 is 11.3 Å².